The molecule has 0 aliphatic carbocycles. The van der Waals surface area contributed by atoms with Crippen LogP contribution in [0.3, 0.4) is 0 Å². The Hall–Kier alpha value is -7.15. The van der Waals surface area contributed by atoms with Gasteiger partial charge in [0.25, 0.3) is 0 Å². The predicted molar refractivity (Wildman–Crippen MR) is 229 cm³/mol. The number of rotatable bonds is 5. The van der Waals surface area contributed by atoms with E-state index in [0.29, 0.717) is 5.89 Å². The summed E-state index contributed by atoms with van der Waals surface area (Å²) in [6.45, 7) is 0. The minimum atomic E-state index is 0.597. The van der Waals surface area contributed by atoms with Crippen LogP contribution < -0.4 is 4.90 Å². The summed E-state index contributed by atoms with van der Waals surface area (Å²) in [6.07, 6.45) is 0. The van der Waals surface area contributed by atoms with Crippen molar-refractivity contribution in [3.8, 4) is 17.1 Å². The van der Waals surface area contributed by atoms with Crippen LogP contribution in [0.5, 0.6) is 0 Å². The van der Waals surface area contributed by atoms with Crippen LogP contribution in [-0.4, -0.2) is 9.55 Å². The van der Waals surface area contributed by atoms with E-state index in [1.807, 2.05) is 53.8 Å². The molecule has 4 aromatic heterocycles. The number of hydrogen-bond donors (Lipinski definition) is 0. The van der Waals surface area contributed by atoms with Gasteiger partial charge in [-0.2, -0.15) is 0 Å². The van der Waals surface area contributed by atoms with Crippen molar-refractivity contribution in [1.82, 2.24) is 9.55 Å². The number of anilines is 3. The Bertz CT molecular complexity index is 3450. The predicted octanol–water partition coefficient (Wildman–Crippen LogP) is 14.3. The molecular formula is C49H29N3O2S. The number of hydrogen-bond acceptors (Lipinski definition) is 5. The van der Waals surface area contributed by atoms with Crippen LogP contribution in [-0.2, 0) is 0 Å². The van der Waals surface area contributed by atoms with Crippen LogP contribution in [0.15, 0.2) is 185 Å². The summed E-state index contributed by atoms with van der Waals surface area (Å²) < 4.78 is 18.0. The summed E-state index contributed by atoms with van der Waals surface area (Å²) in [6, 6.07) is 62.0. The molecule has 258 valence electrons. The van der Waals surface area contributed by atoms with Crippen molar-refractivity contribution in [2.24, 2.45) is 0 Å². The van der Waals surface area contributed by atoms with Gasteiger partial charge in [0, 0.05) is 65.0 Å². The van der Waals surface area contributed by atoms with E-state index in [-0.39, 0.29) is 0 Å². The number of furan rings is 1. The second kappa shape index (κ2) is 11.7. The lowest BCUT2D eigenvalue weighted by molar-refractivity contribution is 0.622. The average molecular weight is 724 g/mol. The van der Waals surface area contributed by atoms with Crippen LogP contribution in [0, 0.1) is 0 Å². The Morgan fingerprint density at radius 1 is 0.491 bits per heavy atom. The number of oxazole rings is 1. The van der Waals surface area contributed by atoms with Gasteiger partial charge in [-0.15, -0.1) is 11.3 Å². The van der Waals surface area contributed by atoms with E-state index in [4.69, 9.17) is 13.8 Å². The summed E-state index contributed by atoms with van der Waals surface area (Å²) in [5, 5.41) is 6.84. The van der Waals surface area contributed by atoms with E-state index in [2.05, 4.69) is 143 Å². The molecule has 12 rings (SSSR count). The zero-order chi connectivity index (χ0) is 36.0. The van der Waals surface area contributed by atoms with Crippen LogP contribution >= 0.6 is 11.3 Å². The minimum Gasteiger partial charge on any atom is -0.456 e. The van der Waals surface area contributed by atoms with Gasteiger partial charge in [0.2, 0.25) is 5.89 Å². The van der Waals surface area contributed by atoms with Gasteiger partial charge in [-0.1, -0.05) is 84.9 Å². The number of para-hydroxylation sites is 2. The fourth-order valence-electron chi connectivity index (χ4n) is 8.40. The Morgan fingerprint density at radius 2 is 1.20 bits per heavy atom. The van der Waals surface area contributed by atoms with Crippen LogP contribution in [0.4, 0.5) is 17.1 Å². The van der Waals surface area contributed by atoms with E-state index < -0.39 is 0 Å². The van der Waals surface area contributed by atoms with Crippen LogP contribution in [0.25, 0.3) is 92.2 Å². The highest BCUT2D eigenvalue weighted by molar-refractivity contribution is 7.25. The third-order valence-electron chi connectivity index (χ3n) is 10.8. The van der Waals surface area contributed by atoms with Gasteiger partial charge in [-0.05, 0) is 84.9 Å². The molecule has 0 spiro atoms. The van der Waals surface area contributed by atoms with Gasteiger partial charge in [0.05, 0.1) is 22.1 Å². The molecule has 12 aromatic rings. The molecule has 4 heterocycles. The second-order valence-electron chi connectivity index (χ2n) is 13.9. The van der Waals surface area contributed by atoms with Crippen molar-refractivity contribution in [1.29, 1.82) is 0 Å². The first-order valence-corrected chi connectivity index (χ1v) is 19.2. The maximum absolute atomic E-state index is 6.65. The molecule has 6 heteroatoms. The Morgan fingerprint density at radius 3 is 2.07 bits per heavy atom. The fourth-order valence-corrected chi connectivity index (χ4v) is 9.54. The molecule has 0 saturated heterocycles. The fraction of sp³-hybridized carbons (Fsp3) is 0. The molecule has 0 fully saturated rings. The number of fused-ring (bicyclic) bond motifs is 11. The van der Waals surface area contributed by atoms with Gasteiger partial charge >= 0.3 is 0 Å². The van der Waals surface area contributed by atoms with Crippen molar-refractivity contribution in [2.75, 3.05) is 4.90 Å². The van der Waals surface area contributed by atoms with E-state index >= 15 is 0 Å². The molecule has 0 saturated carbocycles. The molecule has 55 heavy (non-hydrogen) atoms. The molecular weight excluding hydrogens is 695 g/mol. The summed E-state index contributed by atoms with van der Waals surface area (Å²) in [5.41, 5.74) is 10.6. The number of nitrogens with zero attached hydrogens (tertiary/aromatic N) is 3. The zero-order valence-electron chi connectivity index (χ0n) is 29.3. The maximum Gasteiger partial charge on any atom is 0.227 e. The third kappa shape index (κ3) is 4.55. The molecule has 0 aliphatic heterocycles. The summed E-state index contributed by atoms with van der Waals surface area (Å²) >= 11 is 1.83. The van der Waals surface area contributed by atoms with Crippen LogP contribution in [0.1, 0.15) is 0 Å². The zero-order valence-corrected chi connectivity index (χ0v) is 30.1. The summed E-state index contributed by atoms with van der Waals surface area (Å²) in [7, 11) is 0. The van der Waals surface area contributed by atoms with E-state index in [9.17, 15) is 0 Å². The Balaban J connectivity index is 1.12. The molecule has 5 nitrogen and oxygen atoms in total. The molecule has 0 unspecified atom stereocenters. The highest BCUT2D eigenvalue weighted by Gasteiger charge is 2.23. The summed E-state index contributed by atoms with van der Waals surface area (Å²) in [5.74, 6) is 0.597. The van der Waals surface area contributed by atoms with Crippen molar-refractivity contribution >= 4 is 103 Å². The smallest absolute Gasteiger partial charge is 0.227 e. The quantitative estimate of drug-likeness (QED) is 0.177. The SMILES string of the molecule is c1ccc(-c2nc3ccc4oc5cc(N(c6ccc7c(c6)sc6ccccc67)c6cccc7c6c6ccccc6n7-c6ccccc6)ccc5c4c3o2)cc1. The highest BCUT2D eigenvalue weighted by Crippen LogP contribution is 2.47. The Labute approximate surface area is 318 Å². The van der Waals surface area contributed by atoms with E-state index in [1.54, 1.807) is 0 Å². The van der Waals surface area contributed by atoms with Crippen molar-refractivity contribution in [3.05, 3.63) is 176 Å². The standard InChI is InChI=1S/C49H29N3O2S/c1-3-12-30(13-4-1)49-50-38-26-27-42-47(48(38)54-49)37-25-23-32(28-43(37)53-42)51(33-22-24-35-34-16-8-10-21-44(34)55-45(35)29-33)40-19-11-20-41-46(40)36-17-7-9-18-39(36)52(41)31-14-5-2-6-15-31/h1-29H. The first-order chi connectivity index (χ1) is 27.3. The van der Waals surface area contributed by atoms with Crippen LogP contribution in [0.2, 0.25) is 0 Å². The number of aromatic nitrogens is 2. The van der Waals surface area contributed by atoms with Gasteiger partial charge in [-0.3, -0.25) is 0 Å². The lowest BCUT2D eigenvalue weighted by Crippen LogP contribution is -2.10. The van der Waals surface area contributed by atoms with Gasteiger partial charge in [-0.25, -0.2) is 4.98 Å². The molecule has 8 aromatic carbocycles. The first-order valence-electron chi connectivity index (χ1n) is 18.4. The van der Waals surface area contributed by atoms with Gasteiger partial charge in [0.15, 0.2) is 5.58 Å². The van der Waals surface area contributed by atoms with Crippen molar-refractivity contribution < 1.29 is 8.83 Å². The lowest BCUT2D eigenvalue weighted by atomic mass is 10.1. The molecule has 0 bridgehead atoms. The van der Waals surface area contributed by atoms with E-state index in [1.165, 1.54) is 30.9 Å². The lowest BCUT2D eigenvalue weighted by Gasteiger charge is -2.26. The van der Waals surface area contributed by atoms with Crippen molar-refractivity contribution in [2.45, 2.75) is 0 Å². The Kier molecular flexibility index (Phi) is 6.44. The summed E-state index contributed by atoms with van der Waals surface area (Å²) in [4.78, 5) is 7.23. The number of thiophene rings is 1. The van der Waals surface area contributed by atoms with Gasteiger partial charge in [0.1, 0.15) is 16.7 Å². The molecule has 0 N–H and O–H groups in total. The molecule has 0 amide bonds. The normalized spacial score (nSPS) is 12.0. The minimum absolute atomic E-state index is 0.597. The molecule has 0 aliphatic rings. The monoisotopic (exact) mass is 723 g/mol. The maximum atomic E-state index is 6.65. The third-order valence-corrected chi connectivity index (χ3v) is 11.9. The second-order valence-corrected chi connectivity index (χ2v) is 15.0. The first kappa shape index (κ1) is 30.3. The van der Waals surface area contributed by atoms with E-state index in [0.717, 1.165) is 72.4 Å². The largest absolute Gasteiger partial charge is 0.456 e. The molecule has 0 atom stereocenters. The highest BCUT2D eigenvalue weighted by atomic mass is 32.1. The van der Waals surface area contributed by atoms with Crippen molar-refractivity contribution in [3.63, 3.8) is 0 Å². The topological polar surface area (TPSA) is 47.3 Å². The van der Waals surface area contributed by atoms with Gasteiger partial charge < -0.3 is 18.3 Å². The number of benzene rings is 8. The molecule has 0 radical (unpaired) electrons. The average Bonchev–Trinajstić information content (AvgIpc) is 4.01.